The third kappa shape index (κ3) is 10.6. The number of carbonyl (C=O) groups excluding carboxylic acids is 7. The van der Waals surface area contributed by atoms with Crippen molar-refractivity contribution in [1.29, 1.82) is 0 Å². The van der Waals surface area contributed by atoms with Crippen molar-refractivity contribution in [2.75, 3.05) is 46.2 Å². The van der Waals surface area contributed by atoms with Crippen molar-refractivity contribution in [1.82, 2.24) is 43.0 Å². The highest BCUT2D eigenvalue weighted by Crippen LogP contribution is 2.21. The van der Waals surface area contributed by atoms with Crippen molar-refractivity contribution in [2.45, 2.75) is 12.8 Å². The second-order valence-electron chi connectivity index (χ2n) is 14.8. The number of amides is 7. The lowest BCUT2D eigenvalue weighted by Gasteiger charge is -2.06. The molecule has 6 aromatic heterocycles. The predicted molar refractivity (Wildman–Crippen MR) is 234 cm³/mol. The Balaban J connectivity index is 0.961. The highest BCUT2D eigenvalue weighted by molar-refractivity contribution is 6.09. The number of imidazole rings is 1. The fourth-order valence-electron chi connectivity index (χ4n) is 6.65. The zero-order chi connectivity index (χ0) is 45.5. The molecule has 0 radical (unpaired) electrons. The number of rotatable bonds is 17. The van der Waals surface area contributed by atoms with Crippen molar-refractivity contribution in [3.63, 3.8) is 0 Å². The molecule has 22 nitrogen and oxygen atoms in total. The Morgan fingerprint density at radius 2 is 0.825 bits per heavy atom. The number of aromatic nitrogens is 7. The Morgan fingerprint density at radius 3 is 1.19 bits per heavy atom. The van der Waals surface area contributed by atoms with Crippen LogP contribution in [0.4, 0.5) is 28.4 Å². The zero-order valence-corrected chi connectivity index (χ0v) is 35.5. The maximum Gasteiger partial charge on any atom is 0.291 e. The van der Waals surface area contributed by atoms with Gasteiger partial charge in [0.25, 0.3) is 35.4 Å². The van der Waals surface area contributed by atoms with E-state index in [1.54, 1.807) is 104 Å². The van der Waals surface area contributed by atoms with E-state index < -0.39 is 35.4 Å². The molecule has 0 aromatic carbocycles. The third-order valence-corrected chi connectivity index (χ3v) is 9.83. The number of anilines is 5. The number of hydrogen-bond acceptors (Lipinski definition) is 9. The summed E-state index contributed by atoms with van der Waals surface area (Å²) in [7, 11) is 9.97. The maximum absolute atomic E-state index is 13.3. The molecular weight excluding hydrogens is 815 g/mol. The minimum atomic E-state index is -0.493. The third-order valence-electron chi connectivity index (χ3n) is 9.83. The molecule has 6 aromatic rings. The first-order valence-corrected chi connectivity index (χ1v) is 19.6. The van der Waals surface area contributed by atoms with Gasteiger partial charge in [-0.3, -0.25) is 33.6 Å². The lowest BCUT2D eigenvalue weighted by molar-refractivity contribution is -0.116. The monoisotopic (exact) mass is 863 g/mol. The van der Waals surface area contributed by atoms with Gasteiger partial charge in [-0.1, -0.05) is 0 Å². The van der Waals surface area contributed by atoms with E-state index in [0.717, 1.165) is 0 Å². The van der Waals surface area contributed by atoms with Crippen LogP contribution < -0.4 is 43.0 Å². The molecule has 0 aliphatic rings. The average Bonchev–Trinajstić information content (AvgIpc) is 4.08. The molecule has 6 heterocycles. The number of nitrogens with two attached hydrogens (primary N) is 1. The van der Waals surface area contributed by atoms with E-state index in [4.69, 9.17) is 5.73 Å². The van der Waals surface area contributed by atoms with Gasteiger partial charge in [-0.15, -0.1) is 0 Å². The quantitative estimate of drug-likeness (QED) is 0.0622. The average molecular weight is 864 g/mol. The van der Waals surface area contributed by atoms with Crippen LogP contribution in [0.2, 0.25) is 0 Å². The lowest BCUT2D eigenvalue weighted by Crippen LogP contribution is -2.28. The van der Waals surface area contributed by atoms with Gasteiger partial charge < -0.3 is 70.4 Å². The summed E-state index contributed by atoms with van der Waals surface area (Å²) in [6.45, 7) is 0.879. The van der Waals surface area contributed by atoms with Crippen LogP contribution in [-0.4, -0.2) is 93.4 Å². The standard InChI is InChI=1S/C41H49N15O7/c1-51-13-12-43-35(51)41(63)50-28-18-33(56(6)23-28)40(62)48-26-16-30(53(3)21-26)37(59)45-11-8-34(57)46-24-14-31(54(4)19-24)38(60)49-27-17-32(55(5)22-27)39(61)47-25-15-29(52(2)20-25)36(58)44-10-7-9-42/h12-23H,7-11,42H2,1-6H3,(H,44,58)(H,45,59)(H,46,57)(H,47,61)(H,48,62)(H,49,60)(H,50,63). The van der Waals surface area contributed by atoms with E-state index in [1.165, 1.54) is 39.6 Å². The second kappa shape index (κ2) is 19.1. The zero-order valence-electron chi connectivity index (χ0n) is 35.5. The fourth-order valence-corrected chi connectivity index (χ4v) is 6.65. The maximum atomic E-state index is 13.3. The van der Waals surface area contributed by atoms with Gasteiger partial charge in [0.2, 0.25) is 5.91 Å². The Labute approximate surface area is 360 Å². The molecule has 6 rings (SSSR count). The summed E-state index contributed by atoms with van der Waals surface area (Å²) < 4.78 is 9.35. The molecule has 63 heavy (non-hydrogen) atoms. The molecule has 0 unspecified atom stereocenters. The molecule has 22 heteroatoms. The van der Waals surface area contributed by atoms with Gasteiger partial charge in [-0.05, 0) is 43.3 Å². The number of nitrogens with one attached hydrogen (secondary N) is 7. The molecule has 0 atom stereocenters. The van der Waals surface area contributed by atoms with Gasteiger partial charge in [0.1, 0.15) is 28.5 Å². The van der Waals surface area contributed by atoms with Crippen molar-refractivity contribution in [3.05, 3.63) is 108 Å². The van der Waals surface area contributed by atoms with Crippen LogP contribution in [0.15, 0.2) is 73.7 Å². The predicted octanol–water partition coefficient (Wildman–Crippen LogP) is 1.96. The minimum Gasteiger partial charge on any atom is -0.351 e. The van der Waals surface area contributed by atoms with Crippen LogP contribution in [0, 0.1) is 0 Å². The summed E-state index contributed by atoms with van der Waals surface area (Å²) in [5, 5.41) is 19.2. The topological polar surface area (TPSA) is 272 Å². The van der Waals surface area contributed by atoms with E-state index in [-0.39, 0.29) is 47.5 Å². The van der Waals surface area contributed by atoms with Crippen LogP contribution in [-0.2, 0) is 47.1 Å². The number of aryl methyl sites for hydroxylation is 6. The summed E-state index contributed by atoms with van der Waals surface area (Å²) in [6.07, 6.45) is 11.6. The van der Waals surface area contributed by atoms with E-state index in [2.05, 4.69) is 42.2 Å². The van der Waals surface area contributed by atoms with Crippen molar-refractivity contribution < 1.29 is 33.6 Å². The molecule has 7 amide bonds. The minimum absolute atomic E-state index is 0.00619. The summed E-state index contributed by atoms with van der Waals surface area (Å²) in [6, 6.07) is 7.59. The summed E-state index contributed by atoms with van der Waals surface area (Å²) in [5.41, 5.74) is 8.69. The molecular formula is C41H49N15O7. The van der Waals surface area contributed by atoms with Crippen LogP contribution in [0.3, 0.4) is 0 Å². The number of nitrogens with zero attached hydrogens (tertiary/aromatic N) is 7. The van der Waals surface area contributed by atoms with E-state index in [9.17, 15) is 33.6 Å². The van der Waals surface area contributed by atoms with E-state index >= 15 is 0 Å². The smallest absolute Gasteiger partial charge is 0.291 e. The summed E-state index contributed by atoms with van der Waals surface area (Å²) >= 11 is 0. The Morgan fingerprint density at radius 1 is 0.476 bits per heavy atom. The van der Waals surface area contributed by atoms with E-state index in [1.807, 2.05) is 0 Å². The van der Waals surface area contributed by atoms with Gasteiger partial charge in [-0.25, -0.2) is 4.98 Å². The second-order valence-corrected chi connectivity index (χ2v) is 14.8. The Hall–Kier alpha value is -8.14. The molecule has 9 N–H and O–H groups in total. The number of hydrogen-bond donors (Lipinski definition) is 8. The van der Waals surface area contributed by atoms with Gasteiger partial charge in [0, 0.05) is 105 Å². The Bertz CT molecular complexity index is 2720. The van der Waals surface area contributed by atoms with Crippen molar-refractivity contribution >= 4 is 69.8 Å². The molecule has 0 saturated heterocycles. The van der Waals surface area contributed by atoms with Gasteiger partial charge >= 0.3 is 0 Å². The first kappa shape index (κ1) is 44.4. The first-order chi connectivity index (χ1) is 30.0. The molecule has 0 spiro atoms. The fraction of sp³-hybridized carbons (Fsp3) is 0.268. The highest BCUT2D eigenvalue weighted by atomic mass is 16.2. The molecule has 0 aliphatic heterocycles. The summed E-state index contributed by atoms with van der Waals surface area (Å²) in [4.78, 5) is 94.5. The molecule has 330 valence electrons. The first-order valence-electron chi connectivity index (χ1n) is 19.6. The summed E-state index contributed by atoms with van der Waals surface area (Å²) in [5.74, 6) is -2.82. The van der Waals surface area contributed by atoms with Gasteiger partial charge in [-0.2, -0.15) is 0 Å². The molecule has 0 bridgehead atoms. The van der Waals surface area contributed by atoms with E-state index in [0.29, 0.717) is 53.6 Å². The van der Waals surface area contributed by atoms with Crippen molar-refractivity contribution in [3.8, 4) is 0 Å². The SMILES string of the molecule is Cn1cc(NC(=O)c2cc(NC(=O)c3cc(NC(=O)CCNC(=O)c4cc(NC(=O)c5cc(NC(=O)c6nccn6C)cn5C)cn4C)cn3C)cn2C)cc1C(=O)NCCCN. The Kier molecular flexibility index (Phi) is 13.4. The lowest BCUT2D eigenvalue weighted by atomic mass is 10.3. The van der Waals surface area contributed by atoms with Crippen LogP contribution in [0.25, 0.3) is 0 Å². The van der Waals surface area contributed by atoms with Gasteiger partial charge in [0.15, 0.2) is 5.82 Å². The van der Waals surface area contributed by atoms with Crippen molar-refractivity contribution in [2.24, 2.45) is 48.0 Å². The molecule has 0 saturated carbocycles. The highest BCUT2D eigenvalue weighted by Gasteiger charge is 2.21. The number of carbonyl (C=O) groups is 7. The van der Waals surface area contributed by atoms with Crippen LogP contribution >= 0.6 is 0 Å². The molecule has 0 aliphatic carbocycles. The van der Waals surface area contributed by atoms with Crippen LogP contribution in [0.5, 0.6) is 0 Å². The van der Waals surface area contributed by atoms with Crippen LogP contribution in [0.1, 0.15) is 75.9 Å². The normalized spacial score (nSPS) is 10.9. The largest absolute Gasteiger partial charge is 0.351 e. The molecule has 0 fully saturated rings. The van der Waals surface area contributed by atoms with Gasteiger partial charge in [0.05, 0.1) is 28.4 Å².